The van der Waals surface area contributed by atoms with Crippen molar-refractivity contribution >= 4 is 11.7 Å². The van der Waals surface area contributed by atoms with Crippen molar-refractivity contribution in [1.82, 2.24) is 19.0 Å². The molecule has 0 spiro atoms. The number of nitrogens with zero attached hydrogens (tertiary/aromatic N) is 3. The van der Waals surface area contributed by atoms with Gasteiger partial charge in [-0.05, 0) is 39.3 Å². The van der Waals surface area contributed by atoms with E-state index >= 15 is 0 Å². The van der Waals surface area contributed by atoms with Gasteiger partial charge in [-0.1, -0.05) is 0 Å². The van der Waals surface area contributed by atoms with Gasteiger partial charge < -0.3 is 20.1 Å². The van der Waals surface area contributed by atoms with Crippen molar-refractivity contribution in [2.45, 2.75) is 32.4 Å². The fourth-order valence-electron chi connectivity index (χ4n) is 2.41. The zero-order chi connectivity index (χ0) is 14.4. The molecule has 0 aliphatic carbocycles. The number of hydrogen-bond donors (Lipinski definition) is 2. The van der Waals surface area contributed by atoms with Crippen molar-refractivity contribution in [1.29, 1.82) is 0 Å². The second-order valence-electron chi connectivity index (χ2n) is 5.61. The molecule has 6 nitrogen and oxygen atoms in total. The third kappa shape index (κ3) is 4.97. The minimum atomic E-state index is -0.515. The molecule has 20 heavy (non-hydrogen) atoms. The van der Waals surface area contributed by atoms with Crippen LogP contribution < -0.4 is 10.1 Å². The Morgan fingerprint density at radius 1 is 1.60 bits per heavy atom. The van der Waals surface area contributed by atoms with Crippen molar-refractivity contribution in [3.63, 3.8) is 0 Å². The minimum Gasteiger partial charge on any atom is -0.473 e. The highest BCUT2D eigenvalue weighted by atomic mass is 32.1. The number of ether oxygens (including phenoxy) is 1. The highest BCUT2D eigenvalue weighted by Gasteiger charge is 2.23. The van der Waals surface area contributed by atoms with Gasteiger partial charge in [-0.2, -0.15) is 4.37 Å². The predicted octanol–water partition coefficient (Wildman–Crippen LogP) is 0.598. The number of aromatic nitrogens is 2. The molecule has 1 aliphatic rings. The van der Waals surface area contributed by atoms with E-state index in [0.29, 0.717) is 24.4 Å². The summed E-state index contributed by atoms with van der Waals surface area (Å²) in [5.74, 6) is 1.17. The summed E-state index contributed by atoms with van der Waals surface area (Å²) in [6, 6.07) is 0.630. The number of hydrogen-bond acceptors (Lipinski definition) is 7. The molecule has 2 rings (SSSR count). The van der Waals surface area contributed by atoms with Crippen molar-refractivity contribution in [3.8, 4) is 5.88 Å². The lowest BCUT2D eigenvalue weighted by Crippen LogP contribution is -2.35. The maximum absolute atomic E-state index is 9.82. The quantitative estimate of drug-likeness (QED) is 0.732. The van der Waals surface area contributed by atoms with Gasteiger partial charge in [-0.25, -0.2) is 0 Å². The van der Waals surface area contributed by atoms with E-state index in [1.807, 2.05) is 0 Å². The lowest BCUT2D eigenvalue weighted by Gasteiger charge is -2.20. The summed E-state index contributed by atoms with van der Waals surface area (Å²) in [6.07, 6.45) is 2.28. The van der Waals surface area contributed by atoms with Crippen molar-refractivity contribution in [3.05, 3.63) is 6.20 Å². The SMILES string of the molecule is CC(C)N1CCC(CNCC(O)COc2cnsn2)C1. The largest absolute Gasteiger partial charge is 0.473 e. The summed E-state index contributed by atoms with van der Waals surface area (Å²) < 4.78 is 13.1. The Morgan fingerprint density at radius 2 is 2.45 bits per heavy atom. The Hall–Kier alpha value is -0.760. The van der Waals surface area contributed by atoms with Crippen molar-refractivity contribution in [2.75, 3.05) is 32.8 Å². The average molecular weight is 300 g/mol. The van der Waals surface area contributed by atoms with Crippen LogP contribution in [0.1, 0.15) is 20.3 Å². The summed E-state index contributed by atoms with van der Waals surface area (Å²) in [7, 11) is 0. The Labute approximate surface area is 124 Å². The average Bonchev–Trinajstić information content (AvgIpc) is 3.07. The first-order valence-corrected chi connectivity index (χ1v) is 7.91. The fraction of sp³-hybridized carbons (Fsp3) is 0.846. The van der Waals surface area contributed by atoms with Crippen LogP contribution in [0.3, 0.4) is 0 Å². The van der Waals surface area contributed by atoms with Crippen LogP contribution in [0, 0.1) is 5.92 Å². The van der Waals surface area contributed by atoms with Gasteiger partial charge in [0.05, 0.1) is 11.7 Å². The zero-order valence-electron chi connectivity index (χ0n) is 12.2. The molecule has 2 unspecified atom stereocenters. The van der Waals surface area contributed by atoms with Gasteiger partial charge in [0, 0.05) is 19.1 Å². The molecule has 0 saturated carbocycles. The van der Waals surface area contributed by atoms with E-state index in [1.165, 1.54) is 13.0 Å². The molecule has 114 valence electrons. The molecule has 0 bridgehead atoms. The lowest BCUT2D eigenvalue weighted by atomic mass is 10.1. The second-order valence-corrected chi connectivity index (χ2v) is 6.17. The molecule has 1 aliphatic heterocycles. The number of aliphatic hydroxyl groups excluding tert-OH is 1. The van der Waals surface area contributed by atoms with Crippen LogP contribution in [0.25, 0.3) is 0 Å². The Bertz CT molecular complexity index is 374. The van der Waals surface area contributed by atoms with Gasteiger partial charge in [0.2, 0.25) is 5.88 Å². The summed E-state index contributed by atoms with van der Waals surface area (Å²) in [5, 5.41) is 13.1. The van der Waals surface area contributed by atoms with Crippen molar-refractivity contribution in [2.24, 2.45) is 5.92 Å². The highest BCUT2D eigenvalue weighted by Crippen LogP contribution is 2.17. The molecule has 1 aromatic heterocycles. The molecular formula is C13H24N4O2S. The third-order valence-electron chi connectivity index (χ3n) is 3.63. The molecule has 0 aromatic carbocycles. The monoisotopic (exact) mass is 300 g/mol. The third-order valence-corrected chi connectivity index (χ3v) is 4.09. The van der Waals surface area contributed by atoms with Crippen LogP contribution in [0.4, 0.5) is 0 Å². The van der Waals surface area contributed by atoms with E-state index < -0.39 is 6.10 Å². The Kier molecular flexibility index (Phi) is 6.15. The molecular weight excluding hydrogens is 276 g/mol. The van der Waals surface area contributed by atoms with Gasteiger partial charge >= 0.3 is 0 Å². The topological polar surface area (TPSA) is 70.5 Å². The van der Waals surface area contributed by atoms with E-state index in [9.17, 15) is 5.11 Å². The summed E-state index contributed by atoms with van der Waals surface area (Å²) in [5.41, 5.74) is 0. The van der Waals surface area contributed by atoms with E-state index in [4.69, 9.17) is 4.74 Å². The molecule has 0 radical (unpaired) electrons. The van der Waals surface area contributed by atoms with Gasteiger partial charge in [0.1, 0.15) is 18.9 Å². The van der Waals surface area contributed by atoms with Gasteiger partial charge in [-0.3, -0.25) is 0 Å². The van der Waals surface area contributed by atoms with Gasteiger partial charge in [0.15, 0.2) is 0 Å². The molecule has 1 saturated heterocycles. The number of aliphatic hydroxyl groups is 1. The van der Waals surface area contributed by atoms with Crippen LogP contribution >= 0.6 is 11.7 Å². The van der Waals surface area contributed by atoms with Crippen LogP contribution in [0.2, 0.25) is 0 Å². The molecule has 7 heteroatoms. The van der Waals surface area contributed by atoms with Crippen LogP contribution in [-0.4, -0.2) is 63.7 Å². The normalized spacial score (nSPS) is 21.5. The molecule has 2 heterocycles. The zero-order valence-corrected chi connectivity index (χ0v) is 13.0. The maximum atomic E-state index is 9.82. The summed E-state index contributed by atoms with van der Waals surface area (Å²) in [6.45, 7) is 8.58. The fourth-order valence-corrected chi connectivity index (χ4v) is 2.78. The van der Waals surface area contributed by atoms with Gasteiger partial charge in [0.25, 0.3) is 0 Å². The van der Waals surface area contributed by atoms with Crippen LogP contribution in [-0.2, 0) is 0 Å². The first-order valence-electron chi connectivity index (χ1n) is 7.18. The first-order chi connectivity index (χ1) is 9.65. The summed E-state index contributed by atoms with van der Waals surface area (Å²) in [4.78, 5) is 2.50. The first kappa shape index (κ1) is 15.6. The Morgan fingerprint density at radius 3 is 3.10 bits per heavy atom. The van der Waals surface area contributed by atoms with E-state index in [-0.39, 0.29) is 6.61 Å². The highest BCUT2D eigenvalue weighted by molar-refractivity contribution is 6.99. The summed E-state index contributed by atoms with van der Waals surface area (Å²) >= 11 is 1.10. The number of likely N-dealkylation sites (tertiary alicyclic amines) is 1. The standard InChI is InChI=1S/C13H24N4O2S/c1-10(2)17-4-3-11(8-17)5-14-6-12(18)9-19-13-7-15-20-16-13/h7,10-12,14,18H,3-6,8-9H2,1-2H3. The van der Waals surface area contributed by atoms with E-state index in [1.54, 1.807) is 6.20 Å². The molecule has 1 fully saturated rings. The van der Waals surface area contributed by atoms with Gasteiger partial charge in [-0.15, -0.1) is 4.37 Å². The Balaban J connectivity index is 1.54. The predicted molar refractivity (Wildman–Crippen MR) is 79.1 cm³/mol. The smallest absolute Gasteiger partial charge is 0.245 e. The van der Waals surface area contributed by atoms with E-state index in [2.05, 4.69) is 32.8 Å². The number of nitrogens with one attached hydrogen (secondary N) is 1. The second kappa shape index (κ2) is 7.87. The molecule has 1 aromatic rings. The van der Waals surface area contributed by atoms with Crippen LogP contribution in [0.5, 0.6) is 5.88 Å². The molecule has 2 N–H and O–H groups in total. The minimum absolute atomic E-state index is 0.251. The maximum Gasteiger partial charge on any atom is 0.245 e. The number of rotatable bonds is 8. The van der Waals surface area contributed by atoms with Crippen molar-refractivity contribution < 1.29 is 9.84 Å². The molecule has 0 amide bonds. The molecule has 2 atom stereocenters. The van der Waals surface area contributed by atoms with Crippen LogP contribution in [0.15, 0.2) is 6.20 Å². The van der Waals surface area contributed by atoms with E-state index in [0.717, 1.165) is 24.8 Å². The lowest BCUT2D eigenvalue weighted by molar-refractivity contribution is 0.103.